The maximum Gasteiger partial charge on any atom is 0.269 e. The molecule has 0 aliphatic heterocycles. The van der Waals surface area contributed by atoms with Crippen LogP contribution in [0.25, 0.3) is 29.1 Å². The maximum absolute atomic E-state index is 10.7. The van der Waals surface area contributed by atoms with Gasteiger partial charge in [0.2, 0.25) is 5.95 Å². The highest BCUT2D eigenvalue weighted by Gasteiger charge is 2.04. The first-order valence-corrected chi connectivity index (χ1v) is 9.36. The topological polar surface area (TPSA) is 74.0 Å². The van der Waals surface area contributed by atoms with Crippen LogP contribution in [0.3, 0.4) is 0 Å². The van der Waals surface area contributed by atoms with Crippen LogP contribution >= 0.6 is 0 Å². The van der Waals surface area contributed by atoms with E-state index in [1.54, 1.807) is 12.1 Å². The van der Waals surface area contributed by atoms with Crippen molar-refractivity contribution in [2.75, 3.05) is 0 Å². The molecule has 0 atom stereocenters. The molecule has 0 saturated carbocycles. The number of hydrogen-bond donors (Lipinski definition) is 0. The molecule has 4 aromatic rings. The molecule has 0 bridgehead atoms. The molecule has 2 aromatic carbocycles. The normalized spacial score (nSPS) is 11.9. The Morgan fingerprint density at radius 1 is 0.833 bits per heavy atom. The number of nitro groups is 1. The van der Waals surface area contributed by atoms with Crippen LogP contribution in [0.15, 0.2) is 97.4 Å². The number of fused-ring (bicyclic) bond motifs is 1. The Kier molecular flexibility index (Phi) is 5.57. The van der Waals surface area contributed by atoms with Gasteiger partial charge in [0.25, 0.3) is 5.69 Å². The van der Waals surface area contributed by atoms with Crippen molar-refractivity contribution in [2.24, 2.45) is 0 Å². The minimum atomic E-state index is -0.405. The summed E-state index contributed by atoms with van der Waals surface area (Å²) in [5, 5.41) is 10.7. The van der Waals surface area contributed by atoms with Crippen molar-refractivity contribution in [2.45, 2.75) is 0 Å². The molecule has 0 aliphatic carbocycles. The number of allylic oxidation sites excluding steroid dienone is 4. The molecular weight excluding hydrogens is 376 g/mol. The first kappa shape index (κ1) is 19.0. The van der Waals surface area contributed by atoms with Crippen LogP contribution < -0.4 is 9.55 Å². The number of rotatable bonds is 6. The Bertz CT molecular complexity index is 1220. The molecule has 6 heteroatoms. The number of pyridine rings is 1. The summed E-state index contributed by atoms with van der Waals surface area (Å²) in [7, 11) is 0. The molecule has 30 heavy (non-hydrogen) atoms. The quantitative estimate of drug-likeness (QED) is 0.206. The zero-order valence-corrected chi connectivity index (χ0v) is 16.0. The highest BCUT2D eigenvalue weighted by molar-refractivity contribution is 5.75. The van der Waals surface area contributed by atoms with Gasteiger partial charge in [-0.05, 0) is 47.5 Å². The molecule has 0 amide bonds. The molecule has 0 radical (unpaired) electrons. The van der Waals surface area contributed by atoms with Crippen molar-refractivity contribution in [3.05, 3.63) is 119 Å². The lowest BCUT2D eigenvalue weighted by Gasteiger charge is -2.01. The van der Waals surface area contributed by atoms with Gasteiger partial charge in [0, 0.05) is 24.5 Å². The maximum atomic E-state index is 10.7. The van der Waals surface area contributed by atoms with Gasteiger partial charge in [-0.2, -0.15) is 0 Å². The lowest BCUT2D eigenvalue weighted by Crippen LogP contribution is -2.31. The van der Waals surface area contributed by atoms with Gasteiger partial charge < -0.3 is 0 Å². The molecule has 0 unspecified atom stereocenters. The Morgan fingerprint density at radius 3 is 2.10 bits per heavy atom. The number of aromatic nitrogens is 3. The zero-order chi connectivity index (χ0) is 20.8. The summed E-state index contributed by atoms with van der Waals surface area (Å²) in [5.41, 5.74) is 3.83. The van der Waals surface area contributed by atoms with Gasteiger partial charge in [0.15, 0.2) is 0 Å². The second-order valence-electron chi connectivity index (χ2n) is 6.50. The number of benzene rings is 2. The molecule has 2 aromatic heterocycles. The lowest BCUT2D eigenvalue weighted by molar-refractivity contribution is -0.603. The minimum absolute atomic E-state index is 0.0908. The second kappa shape index (κ2) is 8.79. The van der Waals surface area contributed by atoms with E-state index in [4.69, 9.17) is 0 Å². The fourth-order valence-electron chi connectivity index (χ4n) is 2.86. The highest BCUT2D eigenvalue weighted by atomic mass is 16.6. The number of non-ortho nitro benzene ring substituents is 1. The van der Waals surface area contributed by atoms with E-state index < -0.39 is 4.92 Å². The van der Waals surface area contributed by atoms with E-state index in [0.29, 0.717) is 5.95 Å². The van der Waals surface area contributed by atoms with Crippen LogP contribution in [-0.4, -0.2) is 9.91 Å². The van der Waals surface area contributed by atoms with Crippen molar-refractivity contribution in [3.8, 4) is 5.95 Å². The molecule has 0 saturated heterocycles. The van der Waals surface area contributed by atoms with Crippen molar-refractivity contribution in [3.63, 3.8) is 0 Å². The summed E-state index contributed by atoms with van der Waals surface area (Å²) >= 11 is 0. The third kappa shape index (κ3) is 4.56. The molecule has 4 rings (SSSR count). The SMILES string of the molecule is O=[N+]([O-])c1ccc(/C=C/C=C/C=C/c2cc[n+](-c3nc4ccccc4[n-]3)cc2)cc1. The highest BCUT2D eigenvalue weighted by Crippen LogP contribution is 2.13. The summed E-state index contributed by atoms with van der Waals surface area (Å²) in [4.78, 5) is 19.3. The van der Waals surface area contributed by atoms with E-state index in [9.17, 15) is 10.1 Å². The summed E-state index contributed by atoms with van der Waals surface area (Å²) in [5.74, 6) is 0.656. The van der Waals surface area contributed by atoms with E-state index in [1.807, 2.05) is 89.8 Å². The summed E-state index contributed by atoms with van der Waals surface area (Å²) < 4.78 is 1.89. The van der Waals surface area contributed by atoms with Crippen molar-refractivity contribution < 1.29 is 9.49 Å². The van der Waals surface area contributed by atoms with Crippen molar-refractivity contribution in [1.82, 2.24) is 9.97 Å². The van der Waals surface area contributed by atoms with Crippen LogP contribution in [0.4, 0.5) is 5.69 Å². The van der Waals surface area contributed by atoms with Crippen LogP contribution in [0.1, 0.15) is 11.1 Å². The molecule has 0 spiro atoms. The van der Waals surface area contributed by atoms with Crippen molar-refractivity contribution in [1.29, 1.82) is 0 Å². The molecular formula is C24H18N4O2. The van der Waals surface area contributed by atoms with Gasteiger partial charge in [-0.1, -0.05) is 48.6 Å². The predicted molar refractivity (Wildman–Crippen MR) is 117 cm³/mol. The number of para-hydroxylation sites is 2. The number of imidazole rings is 1. The molecule has 146 valence electrons. The monoisotopic (exact) mass is 394 g/mol. The number of nitrogens with zero attached hydrogens (tertiary/aromatic N) is 4. The average molecular weight is 394 g/mol. The molecule has 2 heterocycles. The first-order chi connectivity index (χ1) is 14.7. The van der Waals surface area contributed by atoms with Gasteiger partial charge in [0.05, 0.1) is 16.0 Å². The molecule has 0 aliphatic rings. The fourth-order valence-corrected chi connectivity index (χ4v) is 2.86. The van der Waals surface area contributed by atoms with E-state index in [2.05, 4.69) is 9.97 Å². The minimum Gasteiger partial charge on any atom is -0.293 e. The van der Waals surface area contributed by atoms with Gasteiger partial charge in [-0.3, -0.25) is 14.7 Å². The summed E-state index contributed by atoms with van der Waals surface area (Å²) in [6, 6.07) is 18.2. The molecule has 0 fully saturated rings. The van der Waals surface area contributed by atoms with Gasteiger partial charge in [-0.25, -0.2) is 9.97 Å². The second-order valence-corrected chi connectivity index (χ2v) is 6.50. The zero-order valence-electron chi connectivity index (χ0n) is 16.0. The van der Waals surface area contributed by atoms with E-state index in [0.717, 1.165) is 22.2 Å². The Morgan fingerprint density at radius 2 is 1.47 bits per heavy atom. The Balaban J connectivity index is 1.35. The largest absolute Gasteiger partial charge is 0.293 e. The summed E-state index contributed by atoms with van der Waals surface area (Å²) in [6.07, 6.45) is 15.4. The molecule has 0 N–H and O–H groups in total. The third-order valence-corrected chi connectivity index (χ3v) is 4.42. The number of hydrogen-bond acceptors (Lipinski definition) is 3. The first-order valence-electron chi connectivity index (χ1n) is 9.36. The van der Waals surface area contributed by atoms with Crippen LogP contribution in [-0.2, 0) is 0 Å². The van der Waals surface area contributed by atoms with Crippen LogP contribution in [0.5, 0.6) is 0 Å². The Labute approximate surface area is 173 Å². The smallest absolute Gasteiger partial charge is 0.269 e. The van der Waals surface area contributed by atoms with Crippen molar-refractivity contribution >= 4 is 28.9 Å². The van der Waals surface area contributed by atoms with E-state index >= 15 is 0 Å². The third-order valence-electron chi connectivity index (χ3n) is 4.42. The fraction of sp³-hybridized carbons (Fsp3) is 0. The standard InChI is InChI=1S/C24H18N4O2/c29-28(30)21-13-11-19(12-14-21)7-3-1-2-4-8-20-15-17-27(18-16-20)24-25-22-9-5-6-10-23(22)26-24/h1-18H/b2-1+,7-3+,8-4+. The average Bonchev–Trinajstić information content (AvgIpc) is 3.21. The van der Waals surface area contributed by atoms with Gasteiger partial charge in [-0.15, -0.1) is 0 Å². The van der Waals surface area contributed by atoms with Gasteiger partial charge in [0.1, 0.15) is 0 Å². The summed E-state index contributed by atoms with van der Waals surface area (Å²) in [6.45, 7) is 0. The van der Waals surface area contributed by atoms with Crippen LogP contribution in [0, 0.1) is 10.1 Å². The number of nitro benzene ring substituents is 1. The predicted octanol–water partition coefficient (Wildman–Crippen LogP) is 4.66. The molecule has 6 nitrogen and oxygen atoms in total. The van der Waals surface area contributed by atoms with Gasteiger partial charge >= 0.3 is 0 Å². The van der Waals surface area contributed by atoms with E-state index in [1.165, 1.54) is 12.1 Å². The lowest BCUT2D eigenvalue weighted by atomic mass is 10.2. The van der Waals surface area contributed by atoms with E-state index in [-0.39, 0.29) is 5.69 Å². The Hall–Kier alpha value is -4.32. The van der Waals surface area contributed by atoms with Crippen LogP contribution in [0.2, 0.25) is 0 Å².